The molecule has 1 atom stereocenters. The molecule has 1 unspecified atom stereocenters. The molecule has 2 aromatic carbocycles. The van der Waals surface area contributed by atoms with Gasteiger partial charge in [-0.15, -0.1) is 0 Å². The fraction of sp³-hybridized carbons (Fsp3) is 0.318. The Balaban J connectivity index is 1.74. The molecule has 0 saturated heterocycles. The van der Waals surface area contributed by atoms with Gasteiger partial charge in [-0.1, -0.05) is 42.0 Å². The zero-order valence-electron chi connectivity index (χ0n) is 17.7. The van der Waals surface area contributed by atoms with E-state index < -0.39 is 0 Å². The lowest BCUT2D eigenvalue weighted by Gasteiger charge is -2.26. The molecule has 0 aliphatic carbocycles. The highest BCUT2D eigenvalue weighted by molar-refractivity contribution is 7.71. The largest absolute Gasteiger partial charge is 0.496 e. The lowest BCUT2D eigenvalue weighted by molar-refractivity contribution is -0.121. The number of hydrogen-bond acceptors (Lipinski definition) is 5. The average molecular weight is 426 g/mol. The van der Waals surface area contributed by atoms with Crippen molar-refractivity contribution in [2.45, 2.75) is 19.5 Å². The molecule has 2 N–H and O–H groups in total. The summed E-state index contributed by atoms with van der Waals surface area (Å²) < 4.78 is 7.62. The molecule has 1 amide bonds. The number of methoxy groups -OCH3 is 1. The van der Waals surface area contributed by atoms with E-state index in [2.05, 4.69) is 20.4 Å². The van der Waals surface area contributed by atoms with E-state index in [0.29, 0.717) is 17.1 Å². The van der Waals surface area contributed by atoms with Crippen LogP contribution >= 0.6 is 12.2 Å². The summed E-state index contributed by atoms with van der Waals surface area (Å²) >= 11 is 5.35. The number of aromatic nitrogens is 3. The van der Waals surface area contributed by atoms with E-state index in [9.17, 15) is 4.79 Å². The number of benzene rings is 2. The number of aromatic amines is 1. The first-order valence-corrected chi connectivity index (χ1v) is 10.1. The SMILES string of the molecule is COc1ccccc1C(CNC(=O)Cn1c(-c2cccc(C)c2)n[nH]c1=S)N(C)C. The van der Waals surface area contributed by atoms with Crippen molar-refractivity contribution in [1.29, 1.82) is 0 Å². The van der Waals surface area contributed by atoms with E-state index in [1.54, 1.807) is 11.7 Å². The summed E-state index contributed by atoms with van der Waals surface area (Å²) in [6.45, 7) is 2.54. The molecule has 1 aromatic heterocycles. The number of amides is 1. The molecule has 3 aromatic rings. The molecule has 0 radical (unpaired) electrons. The summed E-state index contributed by atoms with van der Waals surface area (Å²) in [6, 6.07) is 15.8. The smallest absolute Gasteiger partial charge is 0.240 e. The van der Waals surface area contributed by atoms with Crippen LogP contribution in [-0.4, -0.2) is 53.3 Å². The number of ether oxygens (including phenoxy) is 1. The van der Waals surface area contributed by atoms with Gasteiger partial charge in [0.25, 0.3) is 0 Å². The van der Waals surface area contributed by atoms with Crippen LogP contribution in [0.1, 0.15) is 17.2 Å². The number of carbonyl (C=O) groups excluding carboxylic acids is 1. The number of nitrogens with zero attached hydrogens (tertiary/aromatic N) is 3. The van der Waals surface area contributed by atoms with E-state index in [1.165, 1.54) is 0 Å². The Labute approximate surface area is 181 Å². The third-order valence-corrected chi connectivity index (χ3v) is 5.26. The third-order valence-electron chi connectivity index (χ3n) is 4.95. The fourth-order valence-corrected chi connectivity index (χ4v) is 3.59. The molecule has 0 saturated carbocycles. The Morgan fingerprint density at radius 3 is 2.73 bits per heavy atom. The van der Waals surface area contributed by atoms with Crippen molar-refractivity contribution >= 4 is 18.1 Å². The first-order chi connectivity index (χ1) is 14.4. The number of rotatable bonds is 8. The van der Waals surface area contributed by atoms with Crippen molar-refractivity contribution < 1.29 is 9.53 Å². The molecular weight excluding hydrogens is 398 g/mol. The second-order valence-corrected chi connectivity index (χ2v) is 7.72. The summed E-state index contributed by atoms with van der Waals surface area (Å²) in [6.07, 6.45) is 0. The monoisotopic (exact) mass is 425 g/mol. The highest BCUT2D eigenvalue weighted by Crippen LogP contribution is 2.27. The molecule has 0 aliphatic heterocycles. The molecule has 1 heterocycles. The first-order valence-electron chi connectivity index (χ1n) is 9.69. The van der Waals surface area contributed by atoms with Crippen LogP contribution in [0, 0.1) is 11.7 Å². The summed E-state index contributed by atoms with van der Waals surface area (Å²) in [5, 5.41) is 10.1. The minimum Gasteiger partial charge on any atom is -0.496 e. The predicted molar refractivity (Wildman–Crippen MR) is 120 cm³/mol. The van der Waals surface area contributed by atoms with Crippen molar-refractivity contribution in [2.75, 3.05) is 27.7 Å². The molecule has 0 aliphatic rings. The normalized spacial score (nSPS) is 12.0. The quantitative estimate of drug-likeness (QED) is 0.542. The molecule has 3 rings (SSSR count). The molecular formula is C22H27N5O2S. The number of hydrogen-bond donors (Lipinski definition) is 2. The van der Waals surface area contributed by atoms with E-state index in [-0.39, 0.29) is 18.5 Å². The zero-order valence-corrected chi connectivity index (χ0v) is 18.5. The van der Waals surface area contributed by atoms with Gasteiger partial charge >= 0.3 is 0 Å². The van der Waals surface area contributed by atoms with Crippen LogP contribution in [0.25, 0.3) is 11.4 Å². The predicted octanol–water partition coefficient (Wildman–Crippen LogP) is 3.34. The number of aryl methyl sites for hydroxylation is 1. The maximum atomic E-state index is 12.8. The summed E-state index contributed by atoms with van der Waals surface area (Å²) in [4.78, 5) is 14.8. The maximum Gasteiger partial charge on any atom is 0.240 e. The standard InChI is InChI=1S/C22H27N5O2S/c1-15-8-7-9-16(12-15)21-24-25-22(30)27(21)14-20(28)23-13-18(26(2)3)17-10-5-6-11-19(17)29-4/h5-12,18H,13-14H2,1-4H3,(H,23,28)(H,25,30). The van der Waals surface area contributed by atoms with Gasteiger partial charge in [-0.2, -0.15) is 5.10 Å². The number of para-hydroxylation sites is 1. The topological polar surface area (TPSA) is 75.2 Å². The second kappa shape index (κ2) is 9.69. The highest BCUT2D eigenvalue weighted by Gasteiger charge is 2.20. The van der Waals surface area contributed by atoms with Gasteiger partial charge in [0.2, 0.25) is 5.91 Å². The Hall–Kier alpha value is -2.97. The van der Waals surface area contributed by atoms with Gasteiger partial charge in [0, 0.05) is 17.7 Å². The number of carbonyl (C=O) groups is 1. The molecule has 8 heteroatoms. The van der Waals surface area contributed by atoms with Crippen LogP contribution < -0.4 is 10.1 Å². The van der Waals surface area contributed by atoms with E-state index in [4.69, 9.17) is 17.0 Å². The molecule has 7 nitrogen and oxygen atoms in total. The minimum absolute atomic E-state index is 0.0290. The Morgan fingerprint density at radius 2 is 2.03 bits per heavy atom. The molecule has 0 spiro atoms. The van der Waals surface area contributed by atoms with Crippen LogP contribution in [0.15, 0.2) is 48.5 Å². The van der Waals surface area contributed by atoms with Crippen LogP contribution in [0.5, 0.6) is 5.75 Å². The second-order valence-electron chi connectivity index (χ2n) is 7.33. The Bertz CT molecular complexity index is 1070. The van der Waals surface area contributed by atoms with Crippen molar-refractivity contribution in [1.82, 2.24) is 25.0 Å². The summed E-state index contributed by atoms with van der Waals surface area (Å²) in [7, 11) is 5.61. The van der Waals surface area contributed by atoms with E-state index in [0.717, 1.165) is 22.4 Å². The average Bonchev–Trinajstić information content (AvgIpc) is 3.08. The van der Waals surface area contributed by atoms with Crippen LogP contribution in [0.2, 0.25) is 0 Å². The summed E-state index contributed by atoms with van der Waals surface area (Å²) in [5.74, 6) is 1.31. The van der Waals surface area contributed by atoms with Gasteiger partial charge in [0.1, 0.15) is 12.3 Å². The number of H-pyrrole nitrogens is 1. The van der Waals surface area contributed by atoms with Gasteiger partial charge in [-0.3, -0.25) is 14.5 Å². The maximum absolute atomic E-state index is 12.8. The Morgan fingerprint density at radius 1 is 1.27 bits per heavy atom. The first kappa shape index (κ1) is 21.7. The van der Waals surface area contributed by atoms with Crippen molar-refractivity contribution in [3.63, 3.8) is 0 Å². The molecule has 0 fully saturated rings. The van der Waals surface area contributed by atoms with Gasteiger partial charge in [-0.25, -0.2) is 0 Å². The third kappa shape index (κ3) is 4.95. The minimum atomic E-state index is -0.136. The van der Waals surface area contributed by atoms with Crippen LogP contribution in [-0.2, 0) is 11.3 Å². The molecule has 158 valence electrons. The van der Waals surface area contributed by atoms with Crippen LogP contribution in [0.3, 0.4) is 0 Å². The lowest BCUT2D eigenvalue weighted by Crippen LogP contribution is -2.36. The van der Waals surface area contributed by atoms with Crippen molar-refractivity contribution in [2.24, 2.45) is 0 Å². The summed E-state index contributed by atoms with van der Waals surface area (Å²) in [5.41, 5.74) is 3.05. The molecule has 30 heavy (non-hydrogen) atoms. The van der Waals surface area contributed by atoms with Crippen LogP contribution in [0.4, 0.5) is 0 Å². The van der Waals surface area contributed by atoms with Crippen molar-refractivity contribution in [3.05, 3.63) is 64.4 Å². The molecule has 0 bridgehead atoms. The fourth-order valence-electron chi connectivity index (χ4n) is 3.39. The number of likely N-dealkylation sites (N-methyl/N-ethyl adjacent to an activating group) is 1. The highest BCUT2D eigenvalue weighted by atomic mass is 32.1. The van der Waals surface area contributed by atoms with Gasteiger partial charge in [-0.05, 0) is 45.4 Å². The van der Waals surface area contributed by atoms with Gasteiger partial charge in [0.05, 0.1) is 13.2 Å². The van der Waals surface area contributed by atoms with Crippen molar-refractivity contribution in [3.8, 4) is 17.1 Å². The lowest BCUT2D eigenvalue weighted by atomic mass is 10.0. The Kier molecular flexibility index (Phi) is 7.02. The number of nitrogens with one attached hydrogen (secondary N) is 2. The van der Waals surface area contributed by atoms with E-state index >= 15 is 0 Å². The zero-order chi connectivity index (χ0) is 21.7. The van der Waals surface area contributed by atoms with Gasteiger partial charge in [0.15, 0.2) is 10.6 Å². The van der Waals surface area contributed by atoms with Gasteiger partial charge < -0.3 is 15.0 Å². The van der Waals surface area contributed by atoms with E-state index in [1.807, 2.05) is 69.6 Å².